The molecule has 9 nitrogen and oxygen atoms in total. The minimum atomic E-state index is -0.364. The number of anilines is 1. The number of rotatable bonds is 7. The monoisotopic (exact) mass is 657 g/mol. The van der Waals surface area contributed by atoms with E-state index in [2.05, 4.69) is 48.2 Å². The molecule has 5 atom stereocenters. The average molecular weight is 658 g/mol. The zero-order chi connectivity index (χ0) is 32.9. The predicted octanol–water partition coefficient (Wildman–Crippen LogP) is 6.04. The number of benzene rings is 2. The maximum absolute atomic E-state index is 14.8. The van der Waals surface area contributed by atoms with Crippen molar-refractivity contribution in [2.24, 2.45) is 28.2 Å². The molecule has 47 heavy (non-hydrogen) atoms. The molecule has 2 aromatic carbocycles. The van der Waals surface area contributed by atoms with Gasteiger partial charge in [-0.25, -0.2) is 19.4 Å². The molecule has 11 heteroatoms. The number of aromatic nitrogens is 3. The van der Waals surface area contributed by atoms with E-state index in [0.717, 1.165) is 43.6 Å². The number of ether oxygens (including phenoxy) is 1. The summed E-state index contributed by atoms with van der Waals surface area (Å²) in [6.45, 7) is 12.3. The van der Waals surface area contributed by atoms with E-state index >= 15 is 0 Å². The predicted molar refractivity (Wildman–Crippen MR) is 187 cm³/mol. The topological polar surface area (TPSA) is 96.7 Å². The van der Waals surface area contributed by atoms with Gasteiger partial charge in [0.05, 0.1) is 24.1 Å². The molecule has 248 valence electrons. The van der Waals surface area contributed by atoms with E-state index < -0.39 is 0 Å². The van der Waals surface area contributed by atoms with Crippen LogP contribution in [0, 0.1) is 29.0 Å². The summed E-state index contributed by atoms with van der Waals surface area (Å²) in [5.74, 6) is 3.41. The Bertz CT molecular complexity index is 1860. The molecule has 2 aromatic heterocycles. The Labute approximate surface area is 279 Å². The standard InChI is InChI=1S/C36H44FN7O2S/c1-21-20-43(14-11-38-21)35(42-30-17-24-16-28(22(30)2)36(24,3)4)40-25-7-9-27-31(18-25)41-32(33-39-12-15-47-33)44(34(27)45)13-10-23-6-8-26(46-5)19-29(23)37/h6-9,12,15,18-19,21-22,24,28,30,38H,10-11,13-14,16-17,20H2,1-5H3,(H,40,42)/t21-,22-,24-,28+,30-/m0/s1. The van der Waals surface area contributed by atoms with Crippen LogP contribution < -0.4 is 20.9 Å². The Morgan fingerprint density at radius 2 is 2.06 bits per heavy atom. The lowest BCUT2D eigenvalue weighted by atomic mass is 9.45. The molecule has 2 N–H and O–H groups in total. The van der Waals surface area contributed by atoms with Crippen molar-refractivity contribution in [1.29, 1.82) is 0 Å². The normalized spacial score (nSPS) is 25.4. The highest BCUT2D eigenvalue weighted by Gasteiger charge is 2.56. The Balaban J connectivity index is 1.21. The van der Waals surface area contributed by atoms with Crippen LogP contribution in [0.5, 0.6) is 5.75 Å². The summed E-state index contributed by atoms with van der Waals surface area (Å²) in [5, 5.41) is 10.2. The van der Waals surface area contributed by atoms with Gasteiger partial charge in [-0.3, -0.25) is 9.36 Å². The number of fused-ring (bicyclic) bond motifs is 3. The number of methoxy groups -OCH3 is 1. The summed E-state index contributed by atoms with van der Waals surface area (Å²) in [6.07, 6.45) is 4.46. The Hall–Kier alpha value is -3.83. The number of nitrogens with one attached hydrogen (secondary N) is 2. The zero-order valence-corrected chi connectivity index (χ0v) is 28.6. The quantitative estimate of drug-likeness (QED) is 0.185. The van der Waals surface area contributed by atoms with Gasteiger partial charge in [-0.1, -0.05) is 26.8 Å². The zero-order valence-electron chi connectivity index (χ0n) is 27.8. The Morgan fingerprint density at radius 1 is 1.21 bits per heavy atom. The van der Waals surface area contributed by atoms with E-state index in [-0.39, 0.29) is 24.0 Å². The maximum Gasteiger partial charge on any atom is 0.261 e. The van der Waals surface area contributed by atoms with Gasteiger partial charge in [-0.2, -0.15) is 0 Å². The molecule has 0 amide bonds. The summed E-state index contributed by atoms with van der Waals surface area (Å²) in [4.78, 5) is 31.2. The number of halogens is 1. The van der Waals surface area contributed by atoms with Gasteiger partial charge in [-0.15, -0.1) is 11.3 Å². The van der Waals surface area contributed by atoms with Crippen molar-refractivity contribution < 1.29 is 9.13 Å². The third-order valence-corrected chi connectivity index (χ3v) is 11.7. The first-order valence-electron chi connectivity index (χ1n) is 16.7. The molecule has 8 rings (SSSR count). The number of aryl methyl sites for hydroxylation is 1. The van der Waals surface area contributed by atoms with Crippen LogP contribution >= 0.6 is 11.3 Å². The van der Waals surface area contributed by atoms with Crippen LogP contribution in [0.2, 0.25) is 0 Å². The van der Waals surface area contributed by atoms with Gasteiger partial charge >= 0.3 is 0 Å². The molecule has 3 saturated carbocycles. The van der Waals surface area contributed by atoms with Gasteiger partial charge in [0.1, 0.15) is 11.6 Å². The van der Waals surface area contributed by atoms with Gasteiger partial charge in [0, 0.05) is 55.6 Å². The smallest absolute Gasteiger partial charge is 0.261 e. The van der Waals surface area contributed by atoms with E-state index in [9.17, 15) is 9.18 Å². The molecular weight excluding hydrogens is 614 g/mol. The molecule has 1 saturated heterocycles. The summed E-state index contributed by atoms with van der Waals surface area (Å²) in [5.41, 5.74) is 2.15. The van der Waals surface area contributed by atoms with Gasteiger partial charge in [0.25, 0.3) is 5.56 Å². The number of piperazine rings is 1. The second-order valence-corrected chi connectivity index (χ2v) is 15.0. The van der Waals surface area contributed by atoms with Gasteiger partial charge < -0.3 is 20.3 Å². The fourth-order valence-corrected chi connectivity index (χ4v) is 8.62. The number of thiazole rings is 1. The molecule has 4 fully saturated rings. The van der Waals surface area contributed by atoms with Crippen molar-refractivity contribution in [2.45, 2.75) is 65.6 Å². The lowest BCUT2D eigenvalue weighted by Crippen LogP contribution is -2.57. The Morgan fingerprint density at radius 3 is 2.77 bits per heavy atom. The molecule has 4 aliphatic rings. The van der Waals surface area contributed by atoms with Gasteiger partial charge in [-0.05, 0) is 79.2 Å². The second kappa shape index (κ2) is 12.6. The molecule has 3 heterocycles. The highest BCUT2D eigenvalue weighted by molar-refractivity contribution is 7.13. The molecule has 3 aliphatic carbocycles. The maximum atomic E-state index is 14.8. The van der Waals surface area contributed by atoms with Crippen LogP contribution in [-0.2, 0) is 13.0 Å². The van der Waals surface area contributed by atoms with Crippen LogP contribution in [0.1, 0.15) is 46.1 Å². The third-order valence-electron chi connectivity index (χ3n) is 11.0. The molecule has 4 aromatic rings. The van der Waals surface area contributed by atoms with Crippen LogP contribution in [0.25, 0.3) is 21.7 Å². The first-order chi connectivity index (χ1) is 22.6. The van der Waals surface area contributed by atoms with Crippen LogP contribution in [0.4, 0.5) is 10.1 Å². The van der Waals surface area contributed by atoms with Gasteiger partial charge in [0.2, 0.25) is 0 Å². The van der Waals surface area contributed by atoms with E-state index in [4.69, 9.17) is 14.7 Å². The lowest BCUT2D eigenvalue weighted by Gasteiger charge is -2.61. The minimum Gasteiger partial charge on any atom is -0.497 e. The van der Waals surface area contributed by atoms with Crippen LogP contribution in [0.15, 0.2) is 57.8 Å². The van der Waals surface area contributed by atoms with E-state index in [0.29, 0.717) is 62.8 Å². The average Bonchev–Trinajstić information content (AvgIpc) is 3.60. The lowest BCUT2D eigenvalue weighted by molar-refractivity contribution is -0.108. The molecule has 0 radical (unpaired) electrons. The summed E-state index contributed by atoms with van der Waals surface area (Å²) < 4.78 is 21.5. The minimum absolute atomic E-state index is 0.177. The second-order valence-electron chi connectivity index (χ2n) is 14.1. The highest BCUT2D eigenvalue weighted by Crippen LogP contribution is 2.61. The molecule has 1 aliphatic heterocycles. The molecular formula is C36H44FN7O2S. The molecule has 2 bridgehead atoms. The van der Waals surface area contributed by atoms with Crippen LogP contribution in [-0.4, -0.2) is 64.2 Å². The van der Waals surface area contributed by atoms with Gasteiger partial charge in [0.15, 0.2) is 16.8 Å². The van der Waals surface area contributed by atoms with E-state index in [1.807, 2.05) is 23.6 Å². The Kier molecular flexibility index (Phi) is 8.55. The van der Waals surface area contributed by atoms with E-state index in [1.54, 1.807) is 22.9 Å². The largest absolute Gasteiger partial charge is 0.497 e. The first kappa shape index (κ1) is 31.8. The van der Waals surface area contributed by atoms with Crippen molar-refractivity contribution in [3.63, 3.8) is 0 Å². The number of guanidine groups is 1. The SMILES string of the molecule is COc1ccc(CCn2c(-c3nccs3)nc3cc(NC(=N[C@H]4C[C@@H]5C[C@H]([C@@H]4C)C5(C)C)N4CCN[C@@H](C)C4)ccc3c2=O)c(F)c1. The number of hydrogen-bond donors (Lipinski definition) is 2. The van der Waals surface area contributed by atoms with Crippen molar-refractivity contribution in [3.8, 4) is 16.6 Å². The molecule has 0 spiro atoms. The fraction of sp³-hybridized carbons (Fsp3) is 0.500. The molecule has 0 unspecified atom stereocenters. The van der Waals surface area contributed by atoms with Crippen molar-refractivity contribution >= 4 is 33.9 Å². The van der Waals surface area contributed by atoms with Crippen LogP contribution in [0.3, 0.4) is 0 Å². The fourth-order valence-electron chi connectivity index (χ4n) is 7.99. The van der Waals surface area contributed by atoms with E-state index in [1.165, 1.54) is 30.9 Å². The first-order valence-corrected chi connectivity index (χ1v) is 17.6. The highest BCUT2D eigenvalue weighted by atomic mass is 32.1. The van der Waals surface area contributed by atoms with Crippen molar-refractivity contribution in [1.82, 2.24) is 24.8 Å². The number of aliphatic imine (C=N–C) groups is 1. The number of nitrogens with zero attached hydrogens (tertiary/aromatic N) is 5. The number of hydrogen-bond acceptors (Lipinski definition) is 7. The van der Waals surface area contributed by atoms with Crippen molar-refractivity contribution in [3.05, 3.63) is 69.7 Å². The third kappa shape index (κ3) is 6.04. The summed E-state index contributed by atoms with van der Waals surface area (Å²) in [6, 6.07) is 11.1. The summed E-state index contributed by atoms with van der Waals surface area (Å²) in [7, 11) is 1.51. The summed E-state index contributed by atoms with van der Waals surface area (Å²) >= 11 is 1.42. The van der Waals surface area contributed by atoms with Crippen molar-refractivity contribution in [2.75, 3.05) is 32.1 Å².